The van der Waals surface area contributed by atoms with Crippen LogP contribution in [0.25, 0.3) is 0 Å². The fourth-order valence-corrected chi connectivity index (χ4v) is 3.69. The average molecular weight is 307 g/mol. The SMILES string of the molecule is COCCC1CCOC2(CCN(C(=O)c3ccoc3)CC2)C1. The molecule has 1 spiro atoms. The van der Waals surface area contributed by atoms with Crippen LogP contribution in [0.5, 0.6) is 0 Å². The van der Waals surface area contributed by atoms with Crippen molar-refractivity contribution in [1.82, 2.24) is 4.90 Å². The largest absolute Gasteiger partial charge is 0.472 e. The maximum atomic E-state index is 12.3. The number of amides is 1. The summed E-state index contributed by atoms with van der Waals surface area (Å²) in [6, 6.07) is 1.73. The van der Waals surface area contributed by atoms with E-state index in [9.17, 15) is 4.79 Å². The van der Waals surface area contributed by atoms with Gasteiger partial charge < -0.3 is 18.8 Å². The summed E-state index contributed by atoms with van der Waals surface area (Å²) in [6.45, 7) is 3.19. The van der Waals surface area contributed by atoms with Crippen LogP contribution in [-0.2, 0) is 9.47 Å². The van der Waals surface area contributed by atoms with Gasteiger partial charge in [-0.2, -0.15) is 0 Å². The lowest BCUT2D eigenvalue weighted by molar-refractivity contribution is -0.125. The second kappa shape index (κ2) is 6.84. The molecule has 1 amide bonds. The number of rotatable bonds is 4. The number of hydrogen-bond donors (Lipinski definition) is 0. The van der Waals surface area contributed by atoms with Crippen molar-refractivity contribution in [2.45, 2.75) is 37.7 Å². The van der Waals surface area contributed by atoms with Crippen molar-refractivity contribution in [3.8, 4) is 0 Å². The van der Waals surface area contributed by atoms with Crippen LogP contribution < -0.4 is 0 Å². The number of carbonyl (C=O) groups excluding carboxylic acids is 1. The van der Waals surface area contributed by atoms with E-state index in [1.807, 2.05) is 4.90 Å². The smallest absolute Gasteiger partial charge is 0.257 e. The molecule has 5 heteroatoms. The molecule has 1 aromatic rings. The molecule has 3 heterocycles. The molecule has 5 nitrogen and oxygen atoms in total. The van der Waals surface area contributed by atoms with E-state index in [1.54, 1.807) is 19.4 Å². The van der Waals surface area contributed by atoms with Gasteiger partial charge in [-0.3, -0.25) is 4.79 Å². The summed E-state index contributed by atoms with van der Waals surface area (Å²) >= 11 is 0. The number of nitrogens with zero attached hydrogens (tertiary/aromatic N) is 1. The molecular weight excluding hydrogens is 282 g/mol. The van der Waals surface area contributed by atoms with Crippen LogP contribution >= 0.6 is 0 Å². The Morgan fingerprint density at radius 2 is 2.27 bits per heavy atom. The lowest BCUT2D eigenvalue weighted by Gasteiger charge is -2.46. The number of piperidine rings is 1. The third-order valence-electron chi connectivity index (χ3n) is 5.06. The van der Waals surface area contributed by atoms with Gasteiger partial charge in [0.2, 0.25) is 0 Å². The maximum absolute atomic E-state index is 12.3. The fourth-order valence-electron chi connectivity index (χ4n) is 3.69. The summed E-state index contributed by atoms with van der Waals surface area (Å²) in [5.41, 5.74) is 0.614. The van der Waals surface area contributed by atoms with Gasteiger partial charge in [0, 0.05) is 33.4 Å². The predicted molar refractivity (Wildman–Crippen MR) is 81.7 cm³/mol. The van der Waals surface area contributed by atoms with Crippen molar-refractivity contribution >= 4 is 5.91 Å². The van der Waals surface area contributed by atoms with Crippen molar-refractivity contribution < 1.29 is 18.7 Å². The van der Waals surface area contributed by atoms with Gasteiger partial charge in [-0.25, -0.2) is 0 Å². The van der Waals surface area contributed by atoms with Crippen molar-refractivity contribution in [2.75, 3.05) is 33.4 Å². The second-order valence-corrected chi connectivity index (χ2v) is 6.48. The number of methoxy groups -OCH3 is 1. The molecule has 22 heavy (non-hydrogen) atoms. The Morgan fingerprint density at radius 3 is 2.95 bits per heavy atom. The number of ether oxygens (including phenoxy) is 2. The maximum Gasteiger partial charge on any atom is 0.257 e. The molecule has 2 aliphatic rings. The Balaban J connectivity index is 1.55. The topological polar surface area (TPSA) is 51.9 Å². The lowest BCUT2D eigenvalue weighted by Crippen LogP contribution is -2.50. The van der Waals surface area contributed by atoms with Gasteiger partial charge in [0.1, 0.15) is 6.26 Å². The zero-order valence-electron chi connectivity index (χ0n) is 13.3. The van der Waals surface area contributed by atoms with Crippen LogP contribution in [0.15, 0.2) is 23.0 Å². The quantitative estimate of drug-likeness (QED) is 0.858. The molecule has 0 aromatic carbocycles. The molecule has 0 saturated carbocycles. The molecule has 2 fully saturated rings. The molecule has 2 saturated heterocycles. The van der Waals surface area contributed by atoms with E-state index in [2.05, 4.69) is 0 Å². The Hall–Kier alpha value is -1.33. The minimum atomic E-state index is -0.0240. The third kappa shape index (κ3) is 3.36. The Kier molecular flexibility index (Phi) is 4.84. The van der Waals surface area contributed by atoms with E-state index in [0.29, 0.717) is 11.5 Å². The average Bonchev–Trinajstić information content (AvgIpc) is 3.08. The normalized spacial score (nSPS) is 24.6. The molecule has 0 aliphatic carbocycles. The molecule has 1 unspecified atom stereocenters. The molecule has 0 radical (unpaired) electrons. The highest BCUT2D eigenvalue weighted by Gasteiger charge is 2.41. The zero-order valence-corrected chi connectivity index (χ0v) is 13.3. The van der Waals surface area contributed by atoms with Gasteiger partial charge in [0.15, 0.2) is 0 Å². The molecule has 3 rings (SSSR count). The first kappa shape index (κ1) is 15.6. The highest BCUT2D eigenvalue weighted by Crippen LogP contribution is 2.39. The Bertz CT molecular complexity index is 477. The van der Waals surface area contributed by atoms with Crippen molar-refractivity contribution in [3.05, 3.63) is 24.2 Å². The molecule has 1 aromatic heterocycles. The minimum absolute atomic E-state index is 0.0240. The zero-order chi connectivity index (χ0) is 15.4. The van der Waals surface area contributed by atoms with Crippen molar-refractivity contribution in [3.63, 3.8) is 0 Å². The lowest BCUT2D eigenvalue weighted by atomic mass is 9.78. The van der Waals surface area contributed by atoms with E-state index in [1.165, 1.54) is 6.26 Å². The molecule has 1 atom stereocenters. The van der Waals surface area contributed by atoms with Gasteiger partial charge >= 0.3 is 0 Å². The summed E-state index contributed by atoms with van der Waals surface area (Å²) in [4.78, 5) is 14.3. The molecule has 0 bridgehead atoms. The van der Waals surface area contributed by atoms with E-state index in [0.717, 1.165) is 58.4 Å². The van der Waals surface area contributed by atoms with Gasteiger partial charge in [0.05, 0.1) is 17.4 Å². The summed E-state index contributed by atoms with van der Waals surface area (Å²) in [5.74, 6) is 0.750. The summed E-state index contributed by atoms with van der Waals surface area (Å²) < 4.78 is 16.3. The summed E-state index contributed by atoms with van der Waals surface area (Å²) in [6.07, 6.45) is 8.26. The van der Waals surface area contributed by atoms with Crippen LogP contribution in [0, 0.1) is 5.92 Å². The molecule has 122 valence electrons. The first-order valence-corrected chi connectivity index (χ1v) is 8.17. The van der Waals surface area contributed by atoms with Crippen molar-refractivity contribution in [2.24, 2.45) is 5.92 Å². The second-order valence-electron chi connectivity index (χ2n) is 6.48. The summed E-state index contributed by atoms with van der Waals surface area (Å²) in [7, 11) is 1.76. The van der Waals surface area contributed by atoms with E-state index in [-0.39, 0.29) is 11.5 Å². The van der Waals surface area contributed by atoms with Crippen LogP contribution in [0.2, 0.25) is 0 Å². The number of hydrogen-bond acceptors (Lipinski definition) is 4. The van der Waals surface area contributed by atoms with Crippen LogP contribution in [0.4, 0.5) is 0 Å². The van der Waals surface area contributed by atoms with Gasteiger partial charge in [-0.05, 0) is 44.1 Å². The Morgan fingerprint density at radius 1 is 1.45 bits per heavy atom. The first-order chi connectivity index (χ1) is 10.7. The van der Waals surface area contributed by atoms with Crippen LogP contribution in [-0.4, -0.2) is 49.8 Å². The number of carbonyl (C=O) groups is 1. The van der Waals surface area contributed by atoms with Crippen molar-refractivity contribution in [1.29, 1.82) is 0 Å². The summed E-state index contributed by atoms with van der Waals surface area (Å²) in [5, 5.41) is 0. The fraction of sp³-hybridized carbons (Fsp3) is 0.706. The highest BCUT2D eigenvalue weighted by atomic mass is 16.5. The van der Waals surface area contributed by atoms with Gasteiger partial charge in [-0.1, -0.05) is 0 Å². The van der Waals surface area contributed by atoms with Crippen LogP contribution in [0.1, 0.15) is 42.5 Å². The minimum Gasteiger partial charge on any atom is -0.472 e. The standard InChI is InChI=1S/C17H25NO4/c1-20-9-2-14-3-11-22-17(12-14)5-7-18(8-6-17)16(19)15-4-10-21-13-15/h4,10,13-14H,2-3,5-9,11-12H2,1H3. The van der Waals surface area contributed by atoms with E-state index >= 15 is 0 Å². The molecule has 2 aliphatic heterocycles. The van der Waals surface area contributed by atoms with Crippen LogP contribution in [0.3, 0.4) is 0 Å². The van der Waals surface area contributed by atoms with Gasteiger partial charge in [-0.15, -0.1) is 0 Å². The number of furan rings is 1. The third-order valence-corrected chi connectivity index (χ3v) is 5.06. The first-order valence-electron chi connectivity index (χ1n) is 8.17. The Labute approximate surface area is 131 Å². The van der Waals surface area contributed by atoms with E-state index < -0.39 is 0 Å². The molecular formula is C17H25NO4. The van der Waals surface area contributed by atoms with E-state index in [4.69, 9.17) is 13.9 Å². The molecule has 0 N–H and O–H groups in total. The van der Waals surface area contributed by atoms with Gasteiger partial charge in [0.25, 0.3) is 5.91 Å². The number of likely N-dealkylation sites (tertiary alicyclic amines) is 1. The highest BCUT2D eigenvalue weighted by molar-refractivity contribution is 5.93. The monoisotopic (exact) mass is 307 g/mol. The predicted octanol–water partition coefficient (Wildman–Crippen LogP) is 2.72.